The van der Waals surface area contributed by atoms with Crippen molar-refractivity contribution in [1.82, 2.24) is 9.88 Å². The summed E-state index contributed by atoms with van der Waals surface area (Å²) in [5, 5.41) is 0. The molecule has 14 heavy (non-hydrogen) atoms. The summed E-state index contributed by atoms with van der Waals surface area (Å²) < 4.78 is 1.03. The van der Waals surface area contributed by atoms with E-state index < -0.39 is 0 Å². The van der Waals surface area contributed by atoms with Gasteiger partial charge in [0.1, 0.15) is 0 Å². The van der Waals surface area contributed by atoms with Gasteiger partial charge in [0.25, 0.3) is 0 Å². The van der Waals surface area contributed by atoms with Crippen LogP contribution in [0.1, 0.15) is 12.5 Å². The first-order chi connectivity index (χ1) is 6.76. The Bertz CT molecular complexity index is 278. The average molecular weight is 258 g/mol. The van der Waals surface area contributed by atoms with Crippen LogP contribution in [0.5, 0.6) is 0 Å². The first-order valence-corrected chi connectivity index (χ1v) is 5.57. The van der Waals surface area contributed by atoms with Crippen molar-refractivity contribution in [3.63, 3.8) is 0 Å². The summed E-state index contributed by atoms with van der Waals surface area (Å²) in [5.41, 5.74) is 6.74. The molecule has 1 aromatic rings. The minimum Gasteiger partial charge on any atom is -0.329 e. The number of nitrogens with two attached hydrogens (primary N) is 1. The van der Waals surface area contributed by atoms with Crippen molar-refractivity contribution in [1.29, 1.82) is 0 Å². The quantitative estimate of drug-likeness (QED) is 0.872. The van der Waals surface area contributed by atoms with Crippen LogP contribution in [0.2, 0.25) is 0 Å². The van der Waals surface area contributed by atoms with Crippen LogP contribution in [0.4, 0.5) is 0 Å². The molecular weight excluding hydrogens is 242 g/mol. The van der Waals surface area contributed by atoms with Crippen LogP contribution >= 0.6 is 15.9 Å². The summed E-state index contributed by atoms with van der Waals surface area (Å²) in [6.07, 6.45) is 3.69. The first-order valence-electron chi connectivity index (χ1n) is 4.78. The van der Waals surface area contributed by atoms with E-state index in [1.807, 2.05) is 6.20 Å². The molecule has 0 bridgehead atoms. The maximum atomic E-state index is 5.52. The third-order valence-electron chi connectivity index (χ3n) is 2.06. The molecule has 0 unspecified atom stereocenters. The number of halogens is 1. The van der Waals surface area contributed by atoms with Crippen molar-refractivity contribution in [3.8, 4) is 0 Å². The van der Waals surface area contributed by atoms with Crippen molar-refractivity contribution in [2.75, 3.05) is 19.6 Å². The fourth-order valence-electron chi connectivity index (χ4n) is 1.33. The second-order valence-electron chi connectivity index (χ2n) is 3.17. The van der Waals surface area contributed by atoms with E-state index in [-0.39, 0.29) is 0 Å². The van der Waals surface area contributed by atoms with Gasteiger partial charge in [0.2, 0.25) is 0 Å². The van der Waals surface area contributed by atoms with Gasteiger partial charge in [0.15, 0.2) is 0 Å². The van der Waals surface area contributed by atoms with Crippen molar-refractivity contribution in [2.45, 2.75) is 13.5 Å². The topological polar surface area (TPSA) is 42.1 Å². The Labute approximate surface area is 93.4 Å². The molecule has 2 N–H and O–H groups in total. The second kappa shape index (κ2) is 6.11. The Hall–Kier alpha value is -0.450. The summed E-state index contributed by atoms with van der Waals surface area (Å²) in [6, 6.07) is 2.09. The summed E-state index contributed by atoms with van der Waals surface area (Å²) >= 11 is 3.41. The second-order valence-corrected chi connectivity index (χ2v) is 4.08. The summed E-state index contributed by atoms with van der Waals surface area (Å²) in [4.78, 5) is 6.42. The van der Waals surface area contributed by atoms with Gasteiger partial charge >= 0.3 is 0 Å². The lowest BCUT2D eigenvalue weighted by Crippen LogP contribution is -2.28. The van der Waals surface area contributed by atoms with Gasteiger partial charge < -0.3 is 5.73 Å². The van der Waals surface area contributed by atoms with E-state index in [0.29, 0.717) is 6.54 Å². The number of nitrogens with zero attached hydrogens (tertiary/aromatic N) is 2. The Kier molecular flexibility index (Phi) is 5.07. The smallest absolute Gasteiger partial charge is 0.0410 e. The molecule has 1 aromatic heterocycles. The largest absolute Gasteiger partial charge is 0.329 e. The highest BCUT2D eigenvalue weighted by atomic mass is 79.9. The normalized spacial score (nSPS) is 10.9. The van der Waals surface area contributed by atoms with Gasteiger partial charge in [-0.1, -0.05) is 6.92 Å². The van der Waals surface area contributed by atoms with Gasteiger partial charge in [-0.25, -0.2) is 0 Å². The minimum absolute atomic E-state index is 0.704. The van der Waals surface area contributed by atoms with Crippen LogP contribution in [0.15, 0.2) is 22.9 Å². The molecule has 0 radical (unpaired) electrons. The molecule has 3 nitrogen and oxygen atoms in total. The summed E-state index contributed by atoms with van der Waals surface area (Å²) in [5.74, 6) is 0. The number of rotatable bonds is 5. The van der Waals surface area contributed by atoms with Crippen LogP contribution in [0.25, 0.3) is 0 Å². The molecular formula is C10H16BrN3. The van der Waals surface area contributed by atoms with Crippen molar-refractivity contribution < 1.29 is 0 Å². The van der Waals surface area contributed by atoms with Gasteiger partial charge in [-0.15, -0.1) is 0 Å². The molecule has 0 aliphatic heterocycles. The maximum Gasteiger partial charge on any atom is 0.0410 e. The van der Waals surface area contributed by atoms with Crippen LogP contribution in [0.3, 0.4) is 0 Å². The lowest BCUT2D eigenvalue weighted by atomic mass is 10.2. The Balaban J connectivity index is 2.57. The Morgan fingerprint density at radius 1 is 1.50 bits per heavy atom. The predicted octanol–water partition coefficient (Wildman–Crippen LogP) is 1.62. The highest BCUT2D eigenvalue weighted by Gasteiger charge is 2.02. The first kappa shape index (κ1) is 11.6. The monoisotopic (exact) mass is 257 g/mol. The standard InChI is InChI=1S/C10H16BrN3/c1-2-14(4-3-12)8-9-5-10(11)7-13-6-9/h5-7H,2-4,8,12H2,1H3. The fourth-order valence-corrected chi connectivity index (χ4v) is 1.74. The third kappa shape index (κ3) is 3.74. The molecule has 0 spiro atoms. The van der Waals surface area contributed by atoms with Crippen LogP contribution in [-0.2, 0) is 6.54 Å². The fraction of sp³-hybridized carbons (Fsp3) is 0.500. The molecule has 4 heteroatoms. The number of aromatic nitrogens is 1. The van der Waals surface area contributed by atoms with Gasteiger partial charge in [-0.05, 0) is 34.1 Å². The Morgan fingerprint density at radius 2 is 2.29 bits per heavy atom. The number of pyridine rings is 1. The third-order valence-corrected chi connectivity index (χ3v) is 2.49. The molecule has 78 valence electrons. The summed E-state index contributed by atoms with van der Waals surface area (Å²) in [6.45, 7) is 5.71. The minimum atomic E-state index is 0.704. The van der Waals surface area contributed by atoms with Gasteiger partial charge in [-0.2, -0.15) is 0 Å². The van der Waals surface area contributed by atoms with Crippen molar-refractivity contribution in [2.24, 2.45) is 5.73 Å². The zero-order valence-electron chi connectivity index (χ0n) is 8.41. The lowest BCUT2D eigenvalue weighted by Gasteiger charge is -2.19. The van der Waals surface area contributed by atoms with Crippen molar-refractivity contribution in [3.05, 3.63) is 28.5 Å². The van der Waals surface area contributed by atoms with Crippen molar-refractivity contribution >= 4 is 15.9 Å². The molecule has 0 saturated heterocycles. The van der Waals surface area contributed by atoms with Crippen LogP contribution < -0.4 is 5.73 Å². The van der Waals surface area contributed by atoms with Gasteiger partial charge in [-0.3, -0.25) is 9.88 Å². The maximum absolute atomic E-state index is 5.52. The molecule has 1 heterocycles. The van der Waals surface area contributed by atoms with Crippen LogP contribution in [0, 0.1) is 0 Å². The van der Waals surface area contributed by atoms with E-state index in [4.69, 9.17) is 5.73 Å². The van der Waals surface area contributed by atoms with E-state index in [2.05, 4.69) is 38.8 Å². The molecule has 0 aliphatic rings. The van der Waals surface area contributed by atoms with E-state index >= 15 is 0 Å². The molecule has 0 atom stereocenters. The zero-order chi connectivity index (χ0) is 10.4. The number of likely N-dealkylation sites (N-methyl/N-ethyl adjacent to an activating group) is 1. The van der Waals surface area contributed by atoms with Gasteiger partial charge in [0, 0.05) is 36.5 Å². The zero-order valence-corrected chi connectivity index (χ0v) is 10.00. The van der Waals surface area contributed by atoms with E-state index in [1.54, 1.807) is 6.20 Å². The van der Waals surface area contributed by atoms with Gasteiger partial charge in [0.05, 0.1) is 0 Å². The SMILES string of the molecule is CCN(CCN)Cc1cncc(Br)c1. The van der Waals surface area contributed by atoms with E-state index in [1.165, 1.54) is 5.56 Å². The highest BCUT2D eigenvalue weighted by molar-refractivity contribution is 9.10. The number of hydrogen-bond acceptors (Lipinski definition) is 3. The highest BCUT2D eigenvalue weighted by Crippen LogP contribution is 2.11. The van der Waals surface area contributed by atoms with Crippen LogP contribution in [-0.4, -0.2) is 29.5 Å². The number of hydrogen-bond donors (Lipinski definition) is 1. The summed E-state index contributed by atoms with van der Waals surface area (Å²) in [7, 11) is 0. The Morgan fingerprint density at radius 3 is 2.86 bits per heavy atom. The van der Waals surface area contributed by atoms with E-state index in [9.17, 15) is 0 Å². The molecule has 0 fully saturated rings. The molecule has 0 saturated carbocycles. The molecule has 0 aliphatic carbocycles. The molecule has 0 amide bonds. The van der Waals surface area contributed by atoms with E-state index in [0.717, 1.165) is 24.1 Å². The molecule has 1 rings (SSSR count). The molecule has 0 aromatic carbocycles. The predicted molar refractivity (Wildman–Crippen MR) is 61.9 cm³/mol. The average Bonchev–Trinajstić information content (AvgIpc) is 2.17. The lowest BCUT2D eigenvalue weighted by molar-refractivity contribution is 0.288.